The van der Waals surface area contributed by atoms with Crippen LogP contribution in [0.2, 0.25) is 0 Å². The summed E-state index contributed by atoms with van der Waals surface area (Å²) in [5.74, 6) is 0. The van der Waals surface area contributed by atoms with Crippen LogP contribution >= 0.6 is 0 Å². The molecule has 0 aliphatic carbocycles. The van der Waals surface area contributed by atoms with Crippen molar-refractivity contribution in [2.75, 3.05) is 46.3 Å². The van der Waals surface area contributed by atoms with Gasteiger partial charge in [-0.25, -0.2) is 0 Å². The summed E-state index contributed by atoms with van der Waals surface area (Å²) in [7, 11) is 2.26. The molecule has 0 radical (unpaired) electrons. The standard InChI is InChI=1S/C15H29N3.C2H6/c1-17-10-2-14(3-11-17)18-12-6-15(7-13-18)4-8-16-9-5-15;1-2/h14,16H,2-13H2,1H3;1-2H3. The van der Waals surface area contributed by atoms with E-state index in [1.54, 1.807) is 0 Å². The molecule has 3 saturated heterocycles. The molecular formula is C17H35N3. The number of hydrogen-bond donors (Lipinski definition) is 1. The van der Waals surface area contributed by atoms with Gasteiger partial charge in [0.25, 0.3) is 0 Å². The second kappa shape index (κ2) is 7.77. The molecular weight excluding hydrogens is 246 g/mol. The minimum Gasteiger partial charge on any atom is -0.317 e. The van der Waals surface area contributed by atoms with Crippen molar-refractivity contribution in [1.82, 2.24) is 15.1 Å². The normalized spacial score (nSPS) is 28.9. The predicted molar refractivity (Wildman–Crippen MR) is 87.2 cm³/mol. The largest absolute Gasteiger partial charge is 0.317 e. The maximum atomic E-state index is 3.52. The number of hydrogen-bond acceptors (Lipinski definition) is 3. The Morgan fingerprint density at radius 2 is 1.40 bits per heavy atom. The average Bonchev–Trinajstić information content (AvgIpc) is 2.52. The van der Waals surface area contributed by atoms with Crippen LogP contribution in [0.15, 0.2) is 0 Å². The van der Waals surface area contributed by atoms with Crippen LogP contribution in [-0.4, -0.2) is 62.2 Å². The first-order valence-electron chi connectivity index (χ1n) is 8.91. The zero-order chi connectivity index (χ0) is 14.4. The average molecular weight is 281 g/mol. The van der Waals surface area contributed by atoms with Crippen LogP contribution in [0.5, 0.6) is 0 Å². The molecule has 3 heteroatoms. The van der Waals surface area contributed by atoms with Gasteiger partial charge in [-0.05, 0) is 90.3 Å². The topological polar surface area (TPSA) is 18.5 Å². The summed E-state index contributed by atoms with van der Waals surface area (Å²) in [4.78, 5) is 5.29. The van der Waals surface area contributed by atoms with E-state index >= 15 is 0 Å². The van der Waals surface area contributed by atoms with E-state index in [9.17, 15) is 0 Å². The summed E-state index contributed by atoms with van der Waals surface area (Å²) in [5, 5.41) is 3.52. The Kier molecular flexibility index (Phi) is 6.31. The maximum absolute atomic E-state index is 3.52. The Balaban J connectivity index is 0.000000704. The Morgan fingerprint density at radius 3 is 1.95 bits per heavy atom. The van der Waals surface area contributed by atoms with E-state index in [2.05, 4.69) is 22.2 Å². The quantitative estimate of drug-likeness (QED) is 0.797. The van der Waals surface area contributed by atoms with Crippen LogP contribution in [0.3, 0.4) is 0 Å². The van der Waals surface area contributed by atoms with Crippen molar-refractivity contribution in [2.24, 2.45) is 5.41 Å². The van der Waals surface area contributed by atoms with Gasteiger partial charge in [-0.1, -0.05) is 13.8 Å². The summed E-state index contributed by atoms with van der Waals surface area (Å²) in [6.07, 6.45) is 8.56. The second-order valence-electron chi connectivity index (χ2n) is 6.82. The minimum atomic E-state index is 0.715. The van der Waals surface area contributed by atoms with Crippen LogP contribution < -0.4 is 5.32 Å². The van der Waals surface area contributed by atoms with Crippen molar-refractivity contribution in [3.05, 3.63) is 0 Å². The summed E-state index contributed by atoms with van der Waals surface area (Å²) in [6.45, 7) is 11.9. The second-order valence-corrected chi connectivity index (χ2v) is 6.82. The van der Waals surface area contributed by atoms with Gasteiger partial charge in [-0.15, -0.1) is 0 Å². The van der Waals surface area contributed by atoms with E-state index in [1.165, 1.54) is 77.8 Å². The van der Waals surface area contributed by atoms with E-state index in [4.69, 9.17) is 0 Å². The molecule has 0 saturated carbocycles. The fourth-order valence-electron chi connectivity index (χ4n) is 4.18. The summed E-state index contributed by atoms with van der Waals surface area (Å²) in [5.41, 5.74) is 0.715. The minimum absolute atomic E-state index is 0.715. The highest BCUT2D eigenvalue weighted by Gasteiger charge is 2.37. The first-order chi connectivity index (χ1) is 9.77. The molecule has 3 nitrogen and oxygen atoms in total. The van der Waals surface area contributed by atoms with Crippen LogP contribution in [-0.2, 0) is 0 Å². The van der Waals surface area contributed by atoms with Crippen LogP contribution in [0.25, 0.3) is 0 Å². The number of nitrogens with zero attached hydrogens (tertiary/aromatic N) is 2. The lowest BCUT2D eigenvalue weighted by molar-refractivity contribution is 0.0314. The molecule has 3 aliphatic heterocycles. The van der Waals surface area contributed by atoms with Gasteiger partial charge in [0, 0.05) is 6.04 Å². The summed E-state index contributed by atoms with van der Waals surface area (Å²) in [6, 6.07) is 0.889. The molecule has 3 aliphatic rings. The monoisotopic (exact) mass is 281 g/mol. The Morgan fingerprint density at radius 1 is 0.850 bits per heavy atom. The highest BCUT2D eigenvalue weighted by molar-refractivity contribution is 4.92. The molecule has 20 heavy (non-hydrogen) atoms. The smallest absolute Gasteiger partial charge is 0.0120 e. The molecule has 0 bridgehead atoms. The molecule has 118 valence electrons. The van der Waals surface area contributed by atoms with Crippen LogP contribution in [0.1, 0.15) is 52.4 Å². The van der Waals surface area contributed by atoms with Gasteiger partial charge in [0.05, 0.1) is 0 Å². The Hall–Kier alpha value is -0.120. The highest BCUT2D eigenvalue weighted by atomic mass is 15.2. The summed E-state index contributed by atoms with van der Waals surface area (Å²) < 4.78 is 0. The Bertz CT molecular complexity index is 255. The Labute approximate surface area is 126 Å². The molecule has 3 rings (SSSR count). The fraction of sp³-hybridized carbons (Fsp3) is 1.00. The van der Waals surface area contributed by atoms with Crippen molar-refractivity contribution >= 4 is 0 Å². The van der Waals surface area contributed by atoms with Gasteiger partial charge in [-0.2, -0.15) is 0 Å². The maximum Gasteiger partial charge on any atom is 0.0120 e. The third kappa shape index (κ3) is 3.96. The van der Waals surface area contributed by atoms with Crippen LogP contribution in [0.4, 0.5) is 0 Å². The van der Waals surface area contributed by atoms with Crippen LogP contribution in [0, 0.1) is 5.41 Å². The third-order valence-corrected chi connectivity index (χ3v) is 5.73. The van der Waals surface area contributed by atoms with E-state index in [-0.39, 0.29) is 0 Å². The van der Waals surface area contributed by atoms with Gasteiger partial charge in [0.1, 0.15) is 0 Å². The molecule has 0 aromatic heterocycles. The lowest BCUT2D eigenvalue weighted by atomic mass is 9.71. The molecule has 1 spiro atoms. The van der Waals surface area contributed by atoms with Crippen molar-refractivity contribution in [3.63, 3.8) is 0 Å². The number of piperidine rings is 3. The molecule has 0 unspecified atom stereocenters. The number of nitrogens with one attached hydrogen (secondary N) is 1. The van der Waals surface area contributed by atoms with Crippen molar-refractivity contribution in [1.29, 1.82) is 0 Å². The first kappa shape index (κ1) is 16.3. The van der Waals surface area contributed by atoms with E-state index in [0.717, 1.165) is 6.04 Å². The van der Waals surface area contributed by atoms with E-state index in [0.29, 0.717) is 5.41 Å². The molecule has 0 aromatic rings. The van der Waals surface area contributed by atoms with Crippen molar-refractivity contribution in [2.45, 2.75) is 58.4 Å². The van der Waals surface area contributed by atoms with Crippen molar-refractivity contribution < 1.29 is 0 Å². The predicted octanol–water partition coefficient (Wildman–Crippen LogP) is 2.57. The lowest BCUT2D eigenvalue weighted by Crippen LogP contribution is -2.51. The van der Waals surface area contributed by atoms with Gasteiger partial charge >= 0.3 is 0 Å². The number of rotatable bonds is 1. The van der Waals surface area contributed by atoms with Gasteiger partial charge in [0.2, 0.25) is 0 Å². The molecule has 1 N–H and O–H groups in total. The van der Waals surface area contributed by atoms with Gasteiger partial charge in [-0.3, -0.25) is 0 Å². The van der Waals surface area contributed by atoms with Gasteiger partial charge in [0.15, 0.2) is 0 Å². The molecule has 0 atom stereocenters. The third-order valence-electron chi connectivity index (χ3n) is 5.73. The molecule has 3 heterocycles. The summed E-state index contributed by atoms with van der Waals surface area (Å²) >= 11 is 0. The van der Waals surface area contributed by atoms with E-state index < -0.39 is 0 Å². The van der Waals surface area contributed by atoms with E-state index in [1.807, 2.05) is 13.8 Å². The highest BCUT2D eigenvalue weighted by Crippen LogP contribution is 2.40. The van der Waals surface area contributed by atoms with Crippen molar-refractivity contribution in [3.8, 4) is 0 Å². The zero-order valence-electron chi connectivity index (χ0n) is 14.0. The van der Waals surface area contributed by atoms with Gasteiger partial charge < -0.3 is 15.1 Å². The first-order valence-corrected chi connectivity index (χ1v) is 8.91. The fourth-order valence-corrected chi connectivity index (χ4v) is 4.18. The number of likely N-dealkylation sites (tertiary alicyclic amines) is 2. The zero-order valence-corrected chi connectivity index (χ0v) is 14.0. The lowest BCUT2D eigenvalue weighted by Gasteiger charge is -2.47. The molecule has 3 fully saturated rings. The molecule has 0 aromatic carbocycles. The SMILES string of the molecule is CC.CN1CCC(N2CCC3(CCNCC3)CC2)CC1. The molecule has 0 amide bonds.